The summed E-state index contributed by atoms with van der Waals surface area (Å²) in [6, 6.07) is 6.09. The summed E-state index contributed by atoms with van der Waals surface area (Å²) in [4.78, 5) is 24.9. The van der Waals surface area contributed by atoms with Crippen molar-refractivity contribution in [1.29, 1.82) is 0 Å². The molecule has 2 N–H and O–H groups in total. The molecule has 0 fully saturated rings. The van der Waals surface area contributed by atoms with E-state index in [-0.39, 0.29) is 30.7 Å². The second-order valence-corrected chi connectivity index (χ2v) is 8.51. The lowest BCUT2D eigenvalue weighted by molar-refractivity contribution is -0.137. The maximum Gasteiger partial charge on any atom is 0.416 e. The number of carbonyl (C=O) groups is 2. The smallest absolute Gasteiger partial charge is 0.416 e. The number of hydrogen-bond donors (Lipinski definition) is 2. The summed E-state index contributed by atoms with van der Waals surface area (Å²) in [6.45, 7) is 7.46. The number of ether oxygens (including phenoxy) is 1. The van der Waals surface area contributed by atoms with E-state index < -0.39 is 17.2 Å². The van der Waals surface area contributed by atoms with E-state index in [1.165, 1.54) is 23.5 Å². The average Bonchev–Trinajstić information content (AvgIpc) is 2.97. The molecule has 1 heterocycles. The molecule has 0 spiro atoms. The molecule has 0 saturated heterocycles. The third-order valence-electron chi connectivity index (χ3n) is 3.88. The number of benzene rings is 1. The Morgan fingerprint density at radius 1 is 1.10 bits per heavy atom. The fourth-order valence-electron chi connectivity index (χ4n) is 2.22. The quantitative estimate of drug-likeness (QED) is 0.645. The van der Waals surface area contributed by atoms with Crippen molar-refractivity contribution in [2.24, 2.45) is 5.41 Å². The summed E-state index contributed by atoms with van der Waals surface area (Å²) >= 11 is 1.18. The number of halogens is 3. The van der Waals surface area contributed by atoms with Gasteiger partial charge in [-0.3, -0.25) is 9.59 Å². The Hall–Kier alpha value is -2.55. The maximum absolute atomic E-state index is 12.5. The summed E-state index contributed by atoms with van der Waals surface area (Å²) in [7, 11) is 0. The minimum Gasteiger partial charge on any atom is -0.492 e. The summed E-state index contributed by atoms with van der Waals surface area (Å²) < 4.78 is 42.9. The van der Waals surface area contributed by atoms with E-state index in [0.717, 1.165) is 17.7 Å². The van der Waals surface area contributed by atoms with Gasteiger partial charge in [0.15, 0.2) is 0 Å². The van der Waals surface area contributed by atoms with E-state index in [4.69, 9.17) is 4.74 Å². The Bertz CT molecular complexity index is 869. The van der Waals surface area contributed by atoms with Gasteiger partial charge in [0.05, 0.1) is 22.0 Å². The Balaban J connectivity index is 1.84. The molecule has 29 heavy (non-hydrogen) atoms. The van der Waals surface area contributed by atoms with Gasteiger partial charge in [-0.1, -0.05) is 20.8 Å². The standard InChI is InChI=1S/C20H23F3N2O3S/c1-12-11-15(25-18(27)19(2,3)4)29-16(12)17(26)24-9-10-28-14-7-5-13(6-8-14)20(21,22)23/h5-8,11H,9-10H2,1-4H3,(H,24,26)(H,25,27). The van der Waals surface area contributed by atoms with Crippen molar-refractivity contribution >= 4 is 28.2 Å². The van der Waals surface area contributed by atoms with Crippen molar-refractivity contribution in [1.82, 2.24) is 5.32 Å². The number of thiophene rings is 1. The van der Waals surface area contributed by atoms with Gasteiger partial charge in [0.2, 0.25) is 5.91 Å². The van der Waals surface area contributed by atoms with E-state index in [2.05, 4.69) is 10.6 Å². The van der Waals surface area contributed by atoms with Crippen molar-refractivity contribution in [3.63, 3.8) is 0 Å². The third kappa shape index (κ3) is 6.49. The molecule has 0 radical (unpaired) electrons. The molecule has 2 amide bonds. The molecule has 0 aliphatic rings. The molecule has 1 aromatic carbocycles. The molecule has 0 atom stereocenters. The summed E-state index contributed by atoms with van der Waals surface area (Å²) in [5.74, 6) is -0.165. The Kier molecular flexibility index (Phi) is 6.94. The van der Waals surface area contributed by atoms with Crippen LogP contribution in [-0.4, -0.2) is 25.0 Å². The third-order valence-corrected chi connectivity index (χ3v) is 5.03. The molecule has 158 valence electrons. The van der Waals surface area contributed by atoms with Gasteiger partial charge in [-0.05, 0) is 42.8 Å². The first-order chi connectivity index (χ1) is 13.4. The molecular formula is C20H23F3N2O3S. The Labute approximate surface area is 171 Å². The van der Waals surface area contributed by atoms with Crippen LogP contribution in [0.1, 0.15) is 41.6 Å². The predicted octanol–water partition coefficient (Wildman–Crippen LogP) is 4.87. The lowest BCUT2D eigenvalue weighted by Crippen LogP contribution is -2.28. The van der Waals surface area contributed by atoms with Crippen LogP contribution < -0.4 is 15.4 Å². The fraction of sp³-hybridized carbons (Fsp3) is 0.400. The van der Waals surface area contributed by atoms with E-state index in [0.29, 0.717) is 9.88 Å². The summed E-state index contributed by atoms with van der Waals surface area (Å²) in [5, 5.41) is 6.08. The van der Waals surface area contributed by atoms with Crippen LogP contribution in [0.25, 0.3) is 0 Å². The van der Waals surface area contributed by atoms with Gasteiger partial charge >= 0.3 is 6.18 Å². The van der Waals surface area contributed by atoms with Gasteiger partial charge in [0, 0.05) is 5.41 Å². The largest absolute Gasteiger partial charge is 0.492 e. The van der Waals surface area contributed by atoms with Gasteiger partial charge in [-0.15, -0.1) is 11.3 Å². The number of aryl methyl sites for hydroxylation is 1. The normalized spacial score (nSPS) is 11.8. The highest BCUT2D eigenvalue weighted by molar-refractivity contribution is 7.18. The SMILES string of the molecule is Cc1cc(NC(=O)C(C)(C)C)sc1C(=O)NCCOc1ccc(C(F)(F)F)cc1. The lowest BCUT2D eigenvalue weighted by atomic mass is 9.96. The number of nitrogens with one attached hydrogen (secondary N) is 2. The number of rotatable bonds is 6. The van der Waals surface area contributed by atoms with Gasteiger partial charge in [0.1, 0.15) is 12.4 Å². The fourth-order valence-corrected chi connectivity index (χ4v) is 3.21. The minimum absolute atomic E-state index is 0.106. The molecule has 2 rings (SSSR count). The monoisotopic (exact) mass is 428 g/mol. The van der Waals surface area contributed by atoms with Crippen LogP contribution in [0.2, 0.25) is 0 Å². The molecule has 1 aromatic heterocycles. The van der Waals surface area contributed by atoms with Crippen molar-refractivity contribution in [2.75, 3.05) is 18.5 Å². The first-order valence-corrected chi connectivity index (χ1v) is 9.70. The van der Waals surface area contributed by atoms with Crippen molar-refractivity contribution < 1.29 is 27.5 Å². The zero-order valence-electron chi connectivity index (χ0n) is 16.6. The van der Waals surface area contributed by atoms with Crippen LogP contribution in [0.15, 0.2) is 30.3 Å². The molecule has 5 nitrogen and oxygen atoms in total. The first kappa shape index (κ1) is 22.7. The highest BCUT2D eigenvalue weighted by atomic mass is 32.1. The second-order valence-electron chi connectivity index (χ2n) is 7.45. The van der Waals surface area contributed by atoms with Crippen molar-refractivity contribution in [3.05, 3.63) is 46.3 Å². The first-order valence-electron chi connectivity index (χ1n) is 8.88. The number of alkyl halides is 3. The van der Waals surface area contributed by atoms with Crippen LogP contribution in [0.3, 0.4) is 0 Å². The van der Waals surface area contributed by atoms with Crippen LogP contribution in [0.5, 0.6) is 5.75 Å². The second kappa shape index (κ2) is 8.86. The Morgan fingerprint density at radius 2 is 1.72 bits per heavy atom. The van der Waals surface area contributed by atoms with Crippen LogP contribution in [-0.2, 0) is 11.0 Å². The number of amides is 2. The van der Waals surface area contributed by atoms with Crippen LogP contribution in [0.4, 0.5) is 18.2 Å². The van der Waals surface area contributed by atoms with Crippen LogP contribution >= 0.6 is 11.3 Å². The van der Waals surface area contributed by atoms with E-state index in [1.54, 1.807) is 33.8 Å². The van der Waals surface area contributed by atoms with E-state index in [9.17, 15) is 22.8 Å². The molecule has 0 saturated carbocycles. The predicted molar refractivity (Wildman–Crippen MR) is 106 cm³/mol. The van der Waals surface area contributed by atoms with Crippen LogP contribution in [0, 0.1) is 12.3 Å². The molecule has 9 heteroatoms. The molecule has 0 aliphatic heterocycles. The zero-order chi connectivity index (χ0) is 21.8. The lowest BCUT2D eigenvalue weighted by Gasteiger charge is -2.16. The minimum atomic E-state index is -4.39. The van der Waals surface area contributed by atoms with Crippen molar-refractivity contribution in [2.45, 2.75) is 33.9 Å². The number of anilines is 1. The summed E-state index contributed by atoms with van der Waals surface area (Å²) in [6.07, 6.45) is -4.39. The van der Waals surface area contributed by atoms with Crippen molar-refractivity contribution in [3.8, 4) is 5.75 Å². The Morgan fingerprint density at radius 3 is 2.28 bits per heavy atom. The zero-order valence-corrected chi connectivity index (χ0v) is 17.4. The average molecular weight is 428 g/mol. The highest BCUT2D eigenvalue weighted by Crippen LogP contribution is 2.30. The summed E-state index contributed by atoms with van der Waals surface area (Å²) in [5.41, 5.74) is -0.559. The number of hydrogen-bond acceptors (Lipinski definition) is 4. The van der Waals surface area contributed by atoms with Gasteiger partial charge in [0.25, 0.3) is 5.91 Å². The molecular weight excluding hydrogens is 405 g/mol. The topological polar surface area (TPSA) is 67.4 Å². The molecule has 0 bridgehead atoms. The highest BCUT2D eigenvalue weighted by Gasteiger charge is 2.30. The van der Waals surface area contributed by atoms with Gasteiger partial charge in [-0.25, -0.2) is 0 Å². The van der Waals surface area contributed by atoms with E-state index >= 15 is 0 Å². The van der Waals surface area contributed by atoms with E-state index in [1.807, 2.05) is 0 Å². The van der Waals surface area contributed by atoms with Gasteiger partial charge < -0.3 is 15.4 Å². The molecule has 0 unspecified atom stereocenters. The molecule has 2 aromatic rings. The van der Waals surface area contributed by atoms with Gasteiger partial charge in [-0.2, -0.15) is 13.2 Å². The maximum atomic E-state index is 12.5. The molecule has 0 aliphatic carbocycles. The number of carbonyl (C=O) groups excluding carboxylic acids is 2.